The molecule has 0 aliphatic carbocycles. The molecule has 3 nitrogen and oxygen atoms in total. The number of nitrogens with zero attached hydrogens (tertiary/aromatic N) is 3. The first-order chi connectivity index (χ1) is 33.7. The van der Waals surface area contributed by atoms with E-state index in [9.17, 15) is 0 Å². The Labute approximate surface area is 391 Å². The van der Waals surface area contributed by atoms with Gasteiger partial charge < -0.3 is 13.7 Å². The van der Waals surface area contributed by atoms with Gasteiger partial charge in [-0.15, -0.1) is 0 Å². The molecule has 0 saturated heterocycles. The average molecular weight is 864 g/mol. The normalized spacial score (nSPS) is 12.2. The second-order valence-electron chi connectivity index (χ2n) is 18.5. The summed E-state index contributed by atoms with van der Waals surface area (Å²) in [5.74, 6) is 0. The molecule has 15 rings (SSSR count). The summed E-state index contributed by atoms with van der Waals surface area (Å²) < 4.78 is 7.35. The summed E-state index contributed by atoms with van der Waals surface area (Å²) >= 11 is 0. The second-order valence-corrected chi connectivity index (χ2v) is 18.5. The van der Waals surface area contributed by atoms with Gasteiger partial charge in [0.2, 0.25) is 0 Å². The third-order valence-corrected chi connectivity index (χ3v) is 14.9. The highest BCUT2D eigenvalue weighted by Crippen LogP contribution is 2.41. The predicted molar refractivity (Wildman–Crippen MR) is 288 cm³/mol. The summed E-state index contributed by atoms with van der Waals surface area (Å²) in [5.41, 5.74) is 15.8. The second kappa shape index (κ2) is 14.3. The van der Waals surface area contributed by atoms with E-state index >= 15 is 0 Å². The van der Waals surface area contributed by atoms with Crippen molar-refractivity contribution in [3.05, 3.63) is 242 Å². The van der Waals surface area contributed by atoms with Crippen LogP contribution < -0.4 is 0 Å². The van der Waals surface area contributed by atoms with Crippen molar-refractivity contribution in [2.75, 3.05) is 0 Å². The van der Waals surface area contributed by atoms with Gasteiger partial charge >= 0.3 is 0 Å². The fraction of sp³-hybridized carbons (Fsp3) is 0.0154. The van der Waals surface area contributed by atoms with E-state index in [1.807, 2.05) is 0 Å². The highest BCUT2D eigenvalue weighted by molar-refractivity contribution is 6.23. The van der Waals surface area contributed by atoms with Crippen LogP contribution in [0.1, 0.15) is 5.56 Å². The zero-order valence-electron chi connectivity index (χ0n) is 37.1. The van der Waals surface area contributed by atoms with Crippen molar-refractivity contribution in [2.45, 2.75) is 6.54 Å². The molecule has 0 unspecified atom stereocenters. The maximum absolute atomic E-state index is 2.55. The quantitative estimate of drug-likeness (QED) is 0.148. The van der Waals surface area contributed by atoms with Gasteiger partial charge in [-0.25, -0.2) is 0 Å². The Morgan fingerprint density at radius 3 is 1.35 bits per heavy atom. The highest BCUT2D eigenvalue weighted by Gasteiger charge is 2.19. The first kappa shape index (κ1) is 37.3. The van der Waals surface area contributed by atoms with Gasteiger partial charge in [-0.3, -0.25) is 0 Å². The number of hydrogen-bond donors (Lipinski definition) is 0. The molecule has 0 spiro atoms. The third-order valence-electron chi connectivity index (χ3n) is 14.9. The number of hydrogen-bond acceptors (Lipinski definition) is 0. The van der Waals surface area contributed by atoms with E-state index in [0.717, 1.165) is 17.9 Å². The third kappa shape index (κ3) is 5.41. The Bertz CT molecular complexity index is 4440. The van der Waals surface area contributed by atoms with E-state index in [4.69, 9.17) is 0 Å². The molecular weight excluding hydrogens is 823 g/mol. The van der Waals surface area contributed by atoms with Crippen LogP contribution in [-0.4, -0.2) is 13.7 Å². The van der Waals surface area contributed by atoms with Crippen LogP contribution in [0.3, 0.4) is 0 Å². The standard InChI is InChI=1S/C65H41N3/c1-2-13-49(14-3-1)68-62-20-9-6-17-54(62)55-34-28-47(39-63(55)68)46-30-36-59-57(38-46)56-37-45(41-25-31-50(32-26-41)67-60-18-7-4-15-52(60)53-16-5-8-19-61(53)67)29-35-58(56)66(59)40-48-24-23-44-22-21-42-11-10-12-43-27-33-51(48)65(44)64(42)43/h1-39H,40H2. The minimum atomic E-state index is 0.753. The largest absolute Gasteiger partial charge is 0.336 e. The van der Waals surface area contributed by atoms with Crippen molar-refractivity contribution >= 4 is 97.7 Å². The van der Waals surface area contributed by atoms with Gasteiger partial charge in [-0.2, -0.15) is 0 Å². The van der Waals surface area contributed by atoms with Gasteiger partial charge in [0.25, 0.3) is 0 Å². The molecule has 3 aromatic heterocycles. The summed E-state index contributed by atoms with van der Waals surface area (Å²) in [7, 11) is 0. The Morgan fingerprint density at radius 1 is 0.250 bits per heavy atom. The Hall–Kier alpha value is -8.92. The lowest BCUT2D eigenvalue weighted by atomic mass is 9.92. The molecular formula is C65H41N3. The summed E-state index contributed by atoms with van der Waals surface area (Å²) in [6, 6.07) is 87.8. The van der Waals surface area contributed by atoms with E-state index in [1.54, 1.807) is 0 Å². The van der Waals surface area contributed by atoms with Crippen molar-refractivity contribution in [1.29, 1.82) is 0 Å². The molecule has 68 heavy (non-hydrogen) atoms. The zero-order valence-corrected chi connectivity index (χ0v) is 37.1. The van der Waals surface area contributed by atoms with Crippen LogP contribution in [0.2, 0.25) is 0 Å². The molecule has 15 aromatic rings. The van der Waals surface area contributed by atoms with Crippen molar-refractivity contribution < 1.29 is 0 Å². The lowest BCUT2D eigenvalue weighted by Gasteiger charge is -2.15. The number of para-hydroxylation sites is 4. The minimum absolute atomic E-state index is 0.753. The molecule has 0 fully saturated rings. The average Bonchev–Trinajstić information content (AvgIpc) is 4.03. The van der Waals surface area contributed by atoms with Gasteiger partial charge in [0, 0.05) is 61.3 Å². The summed E-state index contributed by atoms with van der Waals surface area (Å²) in [5, 5.41) is 15.5. The molecule has 0 N–H and O–H groups in total. The van der Waals surface area contributed by atoms with Gasteiger partial charge in [-0.05, 0) is 133 Å². The van der Waals surface area contributed by atoms with Crippen LogP contribution in [0.5, 0.6) is 0 Å². The molecule has 3 heteroatoms. The van der Waals surface area contributed by atoms with Crippen LogP contribution in [0.25, 0.3) is 131 Å². The maximum atomic E-state index is 2.55. The molecule has 0 atom stereocenters. The lowest BCUT2D eigenvalue weighted by molar-refractivity contribution is 0.876. The zero-order chi connectivity index (χ0) is 44.5. The Balaban J connectivity index is 0.910. The fourth-order valence-electron chi connectivity index (χ4n) is 11.7. The summed E-state index contributed by atoms with van der Waals surface area (Å²) in [4.78, 5) is 0. The van der Waals surface area contributed by atoms with Crippen molar-refractivity contribution in [3.8, 4) is 33.6 Å². The lowest BCUT2D eigenvalue weighted by Crippen LogP contribution is -2.01. The van der Waals surface area contributed by atoms with Crippen LogP contribution in [-0.2, 0) is 6.54 Å². The molecule has 316 valence electrons. The first-order valence-electron chi connectivity index (χ1n) is 23.6. The van der Waals surface area contributed by atoms with Crippen molar-refractivity contribution in [1.82, 2.24) is 13.7 Å². The van der Waals surface area contributed by atoms with E-state index < -0.39 is 0 Å². The van der Waals surface area contributed by atoms with Gasteiger partial charge in [0.05, 0.1) is 22.1 Å². The highest BCUT2D eigenvalue weighted by atomic mass is 15.0. The molecule has 0 aliphatic heterocycles. The Kier molecular flexibility index (Phi) is 7.84. The van der Waals surface area contributed by atoms with Crippen LogP contribution in [0.4, 0.5) is 0 Å². The molecule has 3 heterocycles. The van der Waals surface area contributed by atoms with E-state index in [0.29, 0.717) is 0 Å². The van der Waals surface area contributed by atoms with E-state index in [1.165, 1.54) is 126 Å². The molecule has 0 amide bonds. The van der Waals surface area contributed by atoms with Gasteiger partial charge in [-0.1, -0.05) is 164 Å². The Morgan fingerprint density at radius 2 is 0.706 bits per heavy atom. The number of fused-ring (bicyclic) bond motifs is 9. The number of rotatable bonds is 6. The number of benzene rings is 12. The van der Waals surface area contributed by atoms with Gasteiger partial charge in [0.15, 0.2) is 0 Å². The smallest absolute Gasteiger partial charge is 0.0547 e. The number of aromatic nitrogens is 3. The van der Waals surface area contributed by atoms with E-state index in [2.05, 4.69) is 250 Å². The topological polar surface area (TPSA) is 14.8 Å². The summed E-state index contributed by atoms with van der Waals surface area (Å²) in [6.45, 7) is 0.753. The molecule has 0 aliphatic rings. The molecule has 0 saturated carbocycles. The van der Waals surface area contributed by atoms with Crippen LogP contribution in [0, 0.1) is 0 Å². The SMILES string of the molecule is c1ccc(-n2c3ccccc3c3ccc(-c4ccc5c(c4)c4cc(-c6ccc(-n7c8ccccc8c8ccccc87)cc6)ccc4n5Cc4ccc5ccc6cccc7ccc4c5c67)cc32)cc1. The van der Waals surface area contributed by atoms with Gasteiger partial charge in [0.1, 0.15) is 0 Å². The van der Waals surface area contributed by atoms with Crippen molar-refractivity contribution in [2.24, 2.45) is 0 Å². The minimum Gasteiger partial charge on any atom is -0.336 e. The van der Waals surface area contributed by atoms with E-state index in [-0.39, 0.29) is 0 Å². The molecule has 0 bridgehead atoms. The predicted octanol–water partition coefficient (Wildman–Crippen LogP) is 17.3. The van der Waals surface area contributed by atoms with Crippen molar-refractivity contribution in [3.63, 3.8) is 0 Å². The fourth-order valence-corrected chi connectivity index (χ4v) is 11.7. The molecule has 0 radical (unpaired) electrons. The maximum Gasteiger partial charge on any atom is 0.0547 e. The summed E-state index contributed by atoms with van der Waals surface area (Å²) in [6.07, 6.45) is 0. The van der Waals surface area contributed by atoms with Crippen LogP contribution >= 0.6 is 0 Å². The van der Waals surface area contributed by atoms with Crippen LogP contribution in [0.15, 0.2) is 237 Å². The monoisotopic (exact) mass is 863 g/mol. The first-order valence-corrected chi connectivity index (χ1v) is 23.6. The molecule has 12 aromatic carbocycles.